The Morgan fingerprint density at radius 1 is 1.29 bits per heavy atom. The zero-order valence-corrected chi connectivity index (χ0v) is 12.6. The highest BCUT2D eigenvalue weighted by molar-refractivity contribution is 8.00. The first-order valence-corrected chi connectivity index (χ1v) is 8.26. The van der Waals surface area contributed by atoms with Crippen LogP contribution in [0.25, 0.3) is 0 Å². The molecular formula is C11H14F4N2O2S2. The van der Waals surface area contributed by atoms with Gasteiger partial charge in [0.1, 0.15) is 10.7 Å². The summed E-state index contributed by atoms with van der Waals surface area (Å²) in [4.78, 5) is -0.584. The second kappa shape index (κ2) is 7.43. The fourth-order valence-electron chi connectivity index (χ4n) is 1.50. The third kappa shape index (κ3) is 6.20. The van der Waals surface area contributed by atoms with Crippen molar-refractivity contribution in [3.05, 3.63) is 29.6 Å². The lowest BCUT2D eigenvalue weighted by Gasteiger charge is -2.09. The normalized spacial score (nSPS) is 12.6. The molecule has 0 atom stereocenters. The van der Waals surface area contributed by atoms with E-state index in [-0.39, 0.29) is 11.8 Å². The van der Waals surface area contributed by atoms with Gasteiger partial charge in [-0.2, -0.15) is 13.2 Å². The largest absolute Gasteiger partial charge is 0.441 e. The molecule has 0 fully saturated rings. The second-order valence-corrected chi connectivity index (χ2v) is 6.88. The molecule has 0 aliphatic carbocycles. The van der Waals surface area contributed by atoms with Gasteiger partial charge in [-0.05, 0) is 36.5 Å². The first-order chi connectivity index (χ1) is 9.65. The van der Waals surface area contributed by atoms with E-state index in [9.17, 15) is 26.0 Å². The summed E-state index contributed by atoms with van der Waals surface area (Å²) in [5.41, 5.74) is -3.87. The molecule has 4 nitrogen and oxygen atoms in total. The Labute approximate surface area is 124 Å². The van der Waals surface area contributed by atoms with Crippen molar-refractivity contribution in [1.29, 1.82) is 0 Å². The third-order valence-corrected chi connectivity index (χ3v) is 4.56. The predicted octanol–water partition coefficient (Wildman–Crippen LogP) is 2.08. The van der Waals surface area contributed by atoms with Gasteiger partial charge in [0.15, 0.2) is 0 Å². The van der Waals surface area contributed by atoms with Crippen molar-refractivity contribution >= 4 is 21.8 Å². The van der Waals surface area contributed by atoms with Gasteiger partial charge in [0.05, 0.1) is 0 Å². The molecule has 0 unspecified atom stereocenters. The Morgan fingerprint density at radius 2 is 1.95 bits per heavy atom. The summed E-state index contributed by atoms with van der Waals surface area (Å²) in [5.74, 6) is -1.43. The Bertz CT molecular complexity index is 576. The fraction of sp³-hybridized carbons (Fsp3) is 0.455. The molecule has 1 aromatic carbocycles. The highest BCUT2D eigenvalue weighted by atomic mass is 32.2. The van der Waals surface area contributed by atoms with Crippen LogP contribution in [0.5, 0.6) is 0 Å². The van der Waals surface area contributed by atoms with E-state index in [0.29, 0.717) is 12.1 Å². The molecule has 10 heteroatoms. The first-order valence-electron chi connectivity index (χ1n) is 5.79. The lowest BCUT2D eigenvalue weighted by molar-refractivity contribution is -0.0327. The maximum absolute atomic E-state index is 13.7. The van der Waals surface area contributed by atoms with Gasteiger partial charge in [-0.25, -0.2) is 17.5 Å². The monoisotopic (exact) mass is 346 g/mol. The molecule has 1 rings (SSSR count). The van der Waals surface area contributed by atoms with Gasteiger partial charge in [0.25, 0.3) is 0 Å². The van der Waals surface area contributed by atoms with Gasteiger partial charge in [-0.1, -0.05) is 6.07 Å². The van der Waals surface area contributed by atoms with Crippen molar-refractivity contribution in [2.45, 2.75) is 16.9 Å². The van der Waals surface area contributed by atoms with Crippen LogP contribution in [0.1, 0.15) is 5.56 Å². The minimum absolute atomic E-state index is 0.346. The van der Waals surface area contributed by atoms with Crippen LogP contribution in [0.4, 0.5) is 17.6 Å². The van der Waals surface area contributed by atoms with Crippen LogP contribution in [0.2, 0.25) is 0 Å². The molecule has 2 N–H and O–H groups in total. The Kier molecular flexibility index (Phi) is 6.44. The smallest absolute Gasteiger partial charge is 0.316 e. The maximum atomic E-state index is 13.7. The van der Waals surface area contributed by atoms with E-state index >= 15 is 0 Å². The maximum Gasteiger partial charge on any atom is 0.441 e. The van der Waals surface area contributed by atoms with E-state index in [4.69, 9.17) is 0 Å². The number of halogens is 4. The summed E-state index contributed by atoms with van der Waals surface area (Å²) in [7, 11) is -2.51. The third-order valence-electron chi connectivity index (χ3n) is 2.33. The summed E-state index contributed by atoms with van der Waals surface area (Å²) in [6.07, 6.45) is 0. The van der Waals surface area contributed by atoms with Gasteiger partial charge in [-0.3, -0.25) is 0 Å². The average molecular weight is 346 g/mol. The summed E-state index contributed by atoms with van der Waals surface area (Å²) >= 11 is -0.346. The molecule has 120 valence electrons. The van der Waals surface area contributed by atoms with Gasteiger partial charge in [0, 0.05) is 18.8 Å². The number of benzene rings is 1. The highest BCUT2D eigenvalue weighted by Crippen LogP contribution is 2.29. The summed E-state index contributed by atoms with van der Waals surface area (Å²) < 4.78 is 74.9. The number of thioether (sulfide) groups is 1. The molecule has 0 amide bonds. The molecule has 0 heterocycles. The topological polar surface area (TPSA) is 58.2 Å². The number of sulfonamides is 1. The molecule has 0 spiro atoms. The van der Waals surface area contributed by atoms with E-state index < -0.39 is 38.5 Å². The standard InChI is InChI=1S/C11H14F4N2O2S2/c1-16-7-8-2-3-10(9(12)6-8)21(18,19)17-4-5-20-11(13,14)15/h2-3,6,16-17H,4-5,7H2,1H3. The van der Waals surface area contributed by atoms with Crippen LogP contribution in [0.15, 0.2) is 23.1 Å². The van der Waals surface area contributed by atoms with Crippen molar-refractivity contribution in [2.24, 2.45) is 0 Å². The lowest BCUT2D eigenvalue weighted by atomic mass is 10.2. The summed E-state index contributed by atoms with van der Waals surface area (Å²) in [6.45, 7) is -0.0723. The number of hydrogen-bond donors (Lipinski definition) is 2. The Balaban J connectivity index is 2.70. The fourth-order valence-corrected chi connectivity index (χ4v) is 3.15. The van der Waals surface area contributed by atoms with E-state index in [2.05, 4.69) is 5.32 Å². The molecular weight excluding hydrogens is 332 g/mol. The van der Waals surface area contributed by atoms with Crippen molar-refractivity contribution in [1.82, 2.24) is 10.0 Å². The lowest BCUT2D eigenvalue weighted by Crippen LogP contribution is -2.27. The first kappa shape index (κ1) is 18.2. The summed E-state index contributed by atoms with van der Waals surface area (Å²) in [6, 6.07) is 3.58. The number of alkyl halides is 3. The van der Waals surface area contributed by atoms with Crippen LogP contribution in [0.3, 0.4) is 0 Å². The SMILES string of the molecule is CNCc1ccc(S(=O)(=O)NCCSC(F)(F)F)c(F)c1. The number of rotatable bonds is 7. The van der Waals surface area contributed by atoms with Crippen LogP contribution in [-0.2, 0) is 16.6 Å². The minimum atomic E-state index is -4.43. The van der Waals surface area contributed by atoms with Gasteiger partial charge in [0.2, 0.25) is 10.0 Å². The number of nitrogens with one attached hydrogen (secondary N) is 2. The zero-order chi connectivity index (χ0) is 16.1. The van der Waals surface area contributed by atoms with E-state index in [1.807, 2.05) is 4.72 Å². The molecule has 0 saturated heterocycles. The molecule has 0 aliphatic rings. The quantitative estimate of drug-likeness (QED) is 0.586. The van der Waals surface area contributed by atoms with Gasteiger partial charge in [-0.15, -0.1) is 0 Å². The number of hydrogen-bond acceptors (Lipinski definition) is 4. The zero-order valence-electron chi connectivity index (χ0n) is 11.0. The Morgan fingerprint density at radius 3 is 2.48 bits per heavy atom. The van der Waals surface area contributed by atoms with Crippen molar-refractivity contribution < 1.29 is 26.0 Å². The van der Waals surface area contributed by atoms with E-state index in [0.717, 1.165) is 12.1 Å². The average Bonchev–Trinajstić information content (AvgIpc) is 2.34. The minimum Gasteiger partial charge on any atom is -0.316 e. The second-order valence-electron chi connectivity index (χ2n) is 3.99. The molecule has 1 aromatic rings. The molecule has 0 saturated carbocycles. The Hall–Kier alpha value is -0.840. The van der Waals surface area contributed by atoms with Gasteiger partial charge < -0.3 is 5.32 Å². The van der Waals surface area contributed by atoms with Crippen LogP contribution >= 0.6 is 11.8 Å². The predicted molar refractivity (Wildman–Crippen MR) is 72.9 cm³/mol. The van der Waals surface area contributed by atoms with Crippen molar-refractivity contribution in [2.75, 3.05) is 19.3 Å². The molecule has 0 aromatic heterocycles. The van der Waals surface area contributed by atoms with Gasteiger partial charge >= 0.3 is 5.51 Å². The molecule has 21 heavy (non-hydrogen) atoms. The van der Waals surface area contributed by atoms with Crippen LogP contribution in [-0.4, -0.2) is 33.3 Å². The van der Waals surface area contributed by atoms with Crippen molar-refractivity contribution in [3.63, 3.8) is 0 Å². The summed E-state index contributed by atoms with van der Waals surface area (Å²) in [5, 5.41) is 2.78. The van der Waals surface area contributed by atoms with Crippen molar-refractivity contribution in [3.8, 4) is 0 Å². The highest BCUT2D eigenvalue weighted by Gasteiger charge is 2.28. The van der Waals surface area contributed by atoms with E-state index in [1.54, 1.807) is 7.05 Å². The van der Waals surface area contributed by atoms with Crippen LogP contribution in [0, 0.1) is 5.82 Å². The van der Waals surface area contributed by atoms with E-state index in [1.165, 1.54) is 6.07 Å². The van der Waals surface area contributed by atoms with Crippen LogP contribution < -0.4 is 10.0 Å². The molecule has 0 aliphatic heterocycles. The molecule has 0 radical (unpaired) electrons. The molecule has 0 bridgehead atoms.